The van der Waals surface area contributed by atoms with E-state index >= 15 is 0 Å². The minimum Gasteiger partial charge on any atom is -0.444 e. The Kier molecular flexibility index (Phi) is 4.98. The molecular weight excluding hydrogens is 296 g/mol. The summed E-state index contributed by atoms with van der Waals surface area (Å²) < 4.78 is 13.5. The second-order valence-electron chi connectivity index (χ2n) is 7.20. The molecule has 1 fully saturated rings. The molecule has 7 heteroatoms. The third kappa shape index (κ3) is 4.22. The number of carbonyl (C=O) groups excluding carboxylic acids is 1. The molecule has 1 atom stereocenters. The van der Waals surface area contributed by atoms with E-state index < -0.39 is 5.60 Å². The smallest absolute Gasteiger partial charge is 0.410 e. The number of hydrogen-bond donors (Lipinski definition) is 0. The fraction of sp³-hybridized carbons (Fsp3) is 0.812. The normalized spacial score (nSPS) is 21.7. The summed E-state index contributed by atoms with van der Waals surface area (Å²) in [5.74, 6) is 1.65. The number of aromatic nitrogens is 3. The average molecular weight is 324 g/mol. The van der Waals surface area contributed by atoms with Gasteiger partial charge in [-0.2, -0.15) is 0 Å². The van der Waals surface area contributed by atoms with Crippen molar-refractivity contribution in [3.05, 3.63) is 11.6 Å². The fourth-order valence-corrected chi connectivity index (χ4v) is 2.63. The van der Waals surface area contributed by atoms with Crippen molar-refractivity contribution in [1.82, 2.24) is 19.7 Å². The van der Waals surface area contributed by atoms with Gasteiger partial charge in [0.05, 0.1) is 12.1 Å². The zero-order chi connectivity index (χ0) is 17.3. The van der Waals surface area contributed by atoms with Crippen molar-refractivity contribution in [3.63, 3.8) is 0 Å². The molecule has 0 bridgehead atoms. The molecule has 1 unspecified atom stereocenters. The summed E-state index contributed by atoms with van der Waals surface area (Å²) in [6, 6.07) is 0. The van der Waals surface area contributed by atoms with Crippen LogP contribution in [0.3, 0.4) is 0 Å². The van der Waals surface area contributed by atoms with Gasteiger partial charge >= 0.3 is 6.09 Å². The fourth-order valence-electron chi connectivity index (χ4n) is 2.63. The highest BCUT2D eigenvalue weighted by Crippen LogP contribution is 2.30. The van der Waals surface area contributed by atoms with E-state index in [1.165, 1.54) is 0 Å². The molecule has 2 rings (SSSR count). The first-order valence-corrected chi connectivity index (χ1v) is 8.12. The lowest BCUT2D eigenvalue weighted by Gasteiger charge is -2.29. The van der Waals surface area contributed by atoms with Gasteiger partial charge in [-0.1, -0.05) is 6.92 Å². The molecule has 1 aliphatic heterocycles. The molecular formula is C16H28N4O3. The molecule has 1 aliphatic rings. The molecule has 1 aromatic rings. The second-order valence-corrected chi connectivity index (χ2v) is 7.20. The van der Waals surface area contributed by atoms with E-state index in [2.05, 4.69) is 17.1 Å². The molecule has 1 amide bonds. The predicted octanol–water partition coefficient (Wildman–Crippen LogP) is 2.43. The van der Waals surface area contributed by atoms with Crippen molar-refractivity contribution in [3.8, 4) is 0 Å². The van der Waals surface area contributed by atoms with Crippen LogP contribution in [0.5, 0.6) is 0 Å². The highest BCUT2D eigenvalue weighted by molar-refractivity contribution is 5.68. The van der Waals surface area contributed by atoms with Crippen LogP contribution in [-0.2, 0) is 23.1 Å². The SMILES string of the molecule is CCC1(OCc2nnc(C)n2C)CCN(C(=O)OC(C)(C)C)C1. The van der Waals surface area contributed by atoms with E-state index in [4.69, 9.17) is 9.47 Å². The van der Waals surface area contributed by atoms with Crippen molar-refractivity contribution >= 4 is 6.09 Å². The molecule has 1 aromatic heterocycles. The van der Waals surface area contributed by atoms with E-state index in [-0.39, 0.29) is 11.7 Å². The number of hydrogen-bond acceptors (Lipinski definition) is 5. The van der Waals surface area contributed by atoms with E-state index in [0.29, 0.717) is 19.7 Å². The first kappa shape index (κ1) is 17.7. The maximum Gasteiger partial charge on any atom is 0.410 e. The van der Waals surface area contributed by atoms with Gasteiger partial charge in [-0.25, -0.2) is 4.79 Å². The highest BCUT2D eigenvalue weighted by Gasteiger charge is 2.41. The first-order valence-electron chi connectivity index (χ1n) is 8.12. The topological polar surface area (TPSA) is 69.5 Å². The molecule has 2 heterocycles. The molecule has 1 saturated heterocycles. The lowest BCUT2D eigenvalue weighted by atomic mass is 10.00. The summed E-state index contributed by atoms with van der Waals surface area (Å²) in [6.45, 7) is 11.2. The van der Waals surface area contributed by atoms with E-state index in [1.807, 2.05) is 39.3 Å². The molecule has 0 aliphatic carbocycles. The van der Waals surface area contributed by atoms with Crippen molar-refractivity contribution in [1.29, 1.82) is 0 Å². The molecule has 23 heavy (non-hydrogen) atoms. The van der Waals surface area contributed by atoms with Gasteiger partial charge in [0.2, 0.25) is 0 Å². The summed E-state index contributed by atoms with van der Waals surface area (Å²) in [6.07, 6.45) is 1.37. The van der Waals surface area contributed by atoms with Crippen LogP contribution in [0.4, 0.5) is 4.79 Å². The number of aryl methyl sites for hydroxylation is 1. The zero-order valence-corrected chi connectivity index (χ0v) is 15.0. The molecule has 0 aromatic carbocycles. The molecule has 7 nitrogen and oxygen atoms in total. The number of nitrogens with zero attached hydrogens (tertiary/aromatic N) is 4. The average Bonchev–Trinajstić information content (AvgIpc) is 3.02. The lowest BCUT2D eigenvalue weighted by molar-refractivity contribution is -0.0560. The van der Waals surface area contributed by atoms with Crippen LogP contribution < -0.4 is 0 Å². The van der Waals surface area contributed by atoms with E-state index in [0.717, 1.165) is 24.5 Å². The van der Waals surface area contributed by atoms with E-state index in [1.54, 1.807) is 4.90 Å². The number of amides is 1. The molecule has 0 N–H and O–H groups in total. The zero-order valence-electron chi connectivity index (χ0n) is 15.0. The van der Waals surface area contributed by atoms with Crippen molar-refractivity contribution in [2.45, 2.75) is 65.3 Å². The highest BCUT2D eigenvalue weighted by atomic mass is 16.6. The summed E-state index contributed by atoms with van der Waals surface area (Å²) in [5.41, 5.74) is -0.817. The minimum absolute atomic E-state index is 0.272. The van der Waals surface area contributed by atoms with Gasteiger partial charge in [-0.3, -0.25) is 0 Å². The monoisotopic (exact) mass is 324 g/mol. The quantitative estimate of drug-likeness (QED) is 0.851. The Morgan fingerprint density at radius 3 is 2.57 bits per heavy atom. The van der Waals surface area contributed by atoms with Crippen LogP contribution in [0.2, 0.25) is 0 Å². The van der Waals surface area contributed by atoms with Crippen LogP contribution in [0.15, 0.2) is 0 Å². The molecule has 130 valence electrons. The minimum atomic E-state index is -0.481. The lowest BCUT2D eigenvalue weighted by Crippen LogP contribution is -2.40. The molecule has 0 spiro atoms. The van der Waals surface area contributed by atoms with Gasteiger partial charge in [0, 0.05) is 13.6 Å². The standard InChI is InChI=1S/C16H28N4O3/c1-7-16(22-10-13-18-17-12(2)19(13)6)8-9-20(11-16)14(21)23-15(3,4)5/h7-11H2,1-6H3. The van der Waals surface area contributed by atoms with Crippen LogP contribution in [0.25, 0.3) is 0 Å². The summed E-state index contributed by atoms with van der Waals surface area (Å²) in [7, 11) is 1.92. The summed E-state index contributed by atoms with van der Waals surface area (Å²) in [5, 5.41) is 8.17. The molecule has 0 saturated carbocycles. The maximum atomic E-state index is 12.2. The Morgan fingerprint density at radius 2 is 2.04 bits per heavy atom. The first-order chi connectivity index (χ1) is 10.7. The number of ether oxygens (including phenoxy) is 2. The summed E-state index contributed by atoms with van der Waals surface area (Å²) in [4.78, 5) is 14.0. The maximum absolute atomic E-state index is 12.2. The van der Waals surface area contributed by atoms with Gasteiger partial charge in [0.15, 0.2) is 5.82 Å². The molecule has 0 radical (unpaired) electrons. The van der Waals surface area contributed by atoms with Crippen LogP contribution >= 0.6 is 0 Å². The van der Waals surface area contributed by atoms with Crippen LogP contribution in [-0.4, -0.2) is 50.0 Å². The largest absolute Gasteiger partial charge is 0.444 e. The van der Waals surface area contributed by atoms with Crippen LogP contribution in [0.1, 0.15) is 52.2 Å². The van der Waals surface area contributed by atoms with E-state index in [9.17, 15) is 4.79 Å². The number of likely N-dealkylation sites (tertiary alicyclic amines) is 1. The van der Waals surface area contributed by atoms with Gasteiger partial charge in [-0.15, -0.1) is 10.2 Å². The van der Waals surface area contributed by atoms with Crippen molar-refractivity contribution in [2.24, 2.45) is 7.05 Å². The van der Waals surface area contributed by atoms with Crippen molar-refractivity contribution < 1.29 is 14.3 Å². The number of carbonyl (C=O) groups is 1. The van der Waals surface area contributed by atoms with Crippen LogP contribution in [0, 0.1) is 6.92 Å². The van der Waals surface area contributed by atoms with Crippen molar-refractivity contribution in [2.75, 3.05) is 13.1 Å². The Morgan fingerprint density at radius 1 is 1.35 bits per heavy atom. The third-order valence-corrected chi connectivity index (χ3v) is 4.30. The summed E-state index contributed by atoms with van der Waals surface area (Å²) >= 11 is 0. The number of rotatable bonds is 4. The Bertz CT molecular complexity index is 564. The second kappa shape index (κ2) is 6.47. The van der Waals surface area contributed by atoms with Gasteiger partial charge < -0.3 is 18.9 Å². The van der Waals surface area contributed by atoms with Gasteiger partial charge in [0.25, 0.3) is 0 Å². The Balaban J connectivity index is 1.97. The predicted molar refractivity (Wildman–Crippen MR) is 86.0 cm³/mol. The third-order valence-electron chi connectivity index (χ3n) is 4.30. The Hall–Kier alpha value is -1.63. The van der Waals surface area contributed by atoms with Gasteiger partial charge in [-0.05, 0) is 40.5 Å². The Labute approximate surface area is 138 Å². The van der Waals surface area contributed by atoms with Gasteiger partial charge in [0.1, 0.15) is 18.0 Å².